The largest absolute Gasteiger partial charge is 0.374 e. The maximum absolute atomic E-state index is 4.57. The summed E-state index contributed by atoms with van der Waals surface area (Å²) < 4.78 is 0. The summed E-state index contributed by atoms with van der Waals surface area (Å²) in [6.45, 7) is 0.992. The number of aromatic amines is 1. The fraction of sp³-hybridized carbons (Fsp3) is 0.188. The van der Waals surface area contributed by atoms with Crippen LogP contribution in [0.25, 0.3) is 11.0 Å². The van der Waals surface area contributed by atoms with E-state index in [9.17, 15) is 0 Å². The molecule has 3 rings (SSSR count). The van der Waals surface area contributed by atoms with Gasteiger partial charge in [0, 0.05) is 25.0 Å². The maximum Gasteiger partial charge on any atom is 0.166 e. The summed E-state index contributed by atoms with van der Waals surface area (Å²) in [6.07, 6.45) is 0. The summed E-state index contributed by atoms with van der Waals surface area (Å²) >= 11 is 1.76. The van der Waals surface area contributed by atoms with Crippen molar-refractivity contribution in [3.05, 3.63) is 54.6 Å². The highest BCUT2D eigenvalue weighted by Crippen LogP contribution is 2.20. The van der Waals surface area contributed by atoms with Crippen molar-refractivity contribution in [2.24, 2.45) is 0 Å². The first-order valence-electron chi connectivity index (χ1n) is 6.67. The van der Waals surface area contributed by atoms with Gasteiger partial charge in [0.1, 0.15) is 0 Å². The number of hydrogen-bond acceptors (Lipinski definition) is 3. The van der Waals surface area contributed by atoms with Gasteiger partial charge in [0.2, 0.25) is 0 Å². The Morgan fingerprint density at radius 3 is 2.60 bits per heavy atom. The fourth-order valence-corrected chi connectivity index (χ4v) is 2.99. The predicted molar refractivity (Wildman–Crippen MR) is 86.5 cm³/mol. The molecule has 3 aromatic rings. The lowest BCUT2D eigenvalue weighted by molar-refractivity contribution is 0.971. The van der Waals surface area contributed by atoms with Gasteiger partial charge in [-0.25, -0.2) is 4.98 Å². The smallest absolute Gasteiger partial charge is 0.166 e. The van der Waals surface area contributed by atoms with Gasteiger partial charge in [-0.15, -0.1) is 0 Å². The first-order valence-corrected chi connectivity index (χ1v) is 7.65. The highest BCUT2D eigenvalue weighted by atomic mass is 32.2. The van der Waals surface area contributed by atoms with Gasteiger partial charge in [-0.1, -0.05) is 42.1 Å². The lowest BCUT2D eigenvalue weighted by Gasteiger charge is -2.18. The van der Waals surface area contributed by atoms with Crippen molar-refractivity contribution in [3.63, 3.8) is 0 Å². The Bertz CT molecular complexity index is 645. The number of H-pyrrole nitrogens is 1. The number of rotatable bonds is 5. The van der Waals surface area contributed by atoms with Crippen LogP contribution in [0.3, 0.4) is 0 Å². The van der Waals surface area contributed by atoms with Crippen LogP contribution in [0.5, 0.6) is 0 Å². The van der Waals surface area contributed by atoms with E-state index < -0.39 is 0 Å². The van der Waals surface area contributed by atoms with Gasteiger partial charge in [-0.2, -0.15) is 0 Å². The second kappa shape index (κ2) is 6.01. The standard InChI is InChI=1S/C16H17N3S/c1-19(13-7-3-2-4-8-13)11-12-20-16-17-14-9-5-6-10-15(14)18-16/h2-10H,11-12H2,1H3,(H,17,18). The molecule has 0 saturated carbocycles. The Kier molecular flexibility index (Phi) is 3.92. The number of para-hydroxylation sites is 3. The highest BCUT2D eigenvalue weighted by Gasteiger charge is 2.04. The number of thioether (sulfide) groups is 1. The van der Waals surface area contributed by atoms with E-state index in [0.29, 0.717) is 0 Å². The van der Waals surface area contributed by atoms with E-state index in [-0.39, 0.29) is 0 Å². The summed E-state index contributed by atoms with van der Waals surface area (Å²) in [5, 5.41) is 0.993. The van der Waals surface area contributed by atoms with Gasteiger partial charge in [0.25, 0.3) is 0 Å². The Morgan fingerprint density at radius 1 is 1.05 bits per heavy atom. The molecule has 2 aromatic carbocycles. The van der Waals surface area contributed by atoms with Crippen molar-refractivity contribution >= 4 is 28.5 Å². The zero-order valence-electron chi connectivity index (χ0n) is 11.4. The molecular weight excluding hydrogens is 266 g/mol. The fourth-order valence-electron chi connectivity index (χ4n) is 2.09. The molecule has 0 aliphatic heterocycles. The third-order valence-corrected chi connectivity index (χ3v) is 4.08. The lowest BCUT2D eigenvalue weighted by atomic mass is 10.3. The number of fused-ring (bicyclic) bond motifs is 1. The second-order valence-electron chi connectivity index (χ2n) is 4.66. The van der Waals surface area contributed by atoms with E-state index in [2.05, 4.69) is 52.2 Å². The van der Waals surface area contributed by atoms with Crippen molar-refractivity contribution in [1.29, 1.82) is 0 Å². The average Bonchev–Trinajstić information content (AvgIpc) is 2.90. The van der Waals surface area contributed by atoms with Crippen LogP contribution in [0.2, 0.25) is 0 Å². The molecule has 1 heterocycles. The van der Waals surface area contributed by atoms with E-state index in [1.165, 1.54) is 5.69 Å². The van der Waals surface area contributed by atoms with Gasteiger partial charge >= 0.3 is 0 Å². The van der Waals surface area contributed by atoms with Gasteiger partial charge in [0.15, 0.2) is 5.16 Å². The number of anilines is 1. The topological polar surface area (TPSA) is 31.9 Å². The maximum atomic E-state index is 4.57. The minimum Gasteiger partial charge on any atom is -0.374 e. The lowest BCUT2D eigenvalue weighted by Crippen LogP contribution is -2.19. The number of nitrogens with one attached hydrogen (secondary N) is 1. The molecule has 1 aromatic heterocycles. The summed E-state index contributed by atoms with van der Waals surface area (Å²) in [5.74, 6) is 1.01. The predicted octanol–water partition coefficient (Wildman–Crippen LogP) is 3.79. The van der Waals surface area contributed by atoms with Gasteiger partial charge in [-0.3, -0.25) is 0 Å². The molecular formula is C16H17N3S. The average molecular weight is 283 g/mol. The molecule has 0 spiro atoms. The van der Waals surface area contributed by atoms with Crippen LogP contribution in [0, 0.1) is 0 Å². The van der Waals surface area contributed by atoms with Crippen molar-refractivity contribution in [3.8, 4) is 0 Å². The third-order valence-electron chi connectivity index (χ3n) is 3.23. The minimum atomic E-state index is 0.992. The van der Waals surface area contributed by atoms with Gasteiger partial charge in [-0.05, 0) is 24.3 Å². The number of aromatic nitrogens is 2. The van der Waals surface area contributed by atoms with Crippen LogP contribution in [-0.2, 0) is 0 Å². The first kappa shape index (κ1) is 13.1. The summed E-state index contributed by atoms with van der Waals surface area (Å²) in [6, 6.07) is 18.6. The zero-order valence-corrected chi connectivity index (χ0v) is 12.2. The molecule has 1 N–H and O–H groups in total. The molecule has 3 nitrogen and oxygen atoms in total. The minimum absolute atomic E-state index is 0.992. The molecule has 0 fully saturated rings. The molecule has 0 saturated heterocycles. The van der Waals surface area contributed by atoms with Crippen LogP contribution in [0.15, 0.2) is 59.8 Å². The second-order valence-corrected chi connectivity index (χ2v) is 5.75. The molecule has 0 aliphatic carbocycles. The Morgan fingerprint density at radius 2 is 1.80 bits per heavy atom. The van der Waals surface area contributed by atoms with Gasteiger partial charge in [0.05, 0.1) is 11.0 Å². The Hall–Kier alpha value is -1.94. The summed E-state index contributed by atoms with van der Waals surface area (Å²) in [7, 11) is 2.12. The molecule has 0 unspecified atom stereocenters. The monoisotopic (exact) mass is 283 g/mol. The number of nitrogens with zero attached hydrogens (tertiary/aromatic N) is 2. The molecule has 20 heavy (non-hydrogen) atoms. The van der Waals surface area contributed by atoms with E-state index >= 15 is 0 Å². The number of imidazole rings is 1. The third kappa shape index (κ3) is 2.96. The molecule has 0 aliphatic rings. The normalized spacial score (nSPS) is 10.8. The molecule has 0 atom stereocenters. The van der Waals surface area contributed by atoms with Crippen molar-refractivity contribution in [2.45, 2.75) is 5.16 Å². The zero-order chi connectivity index (χ0) is 13.8. The summed E-state index contributed by atoms with van der Waals surface area (Å²) in [4.78, 5) is 10.2. The summed E-state index contributed by atoms with van der Waals surface area (Å²) in [5.41, 5.74) is 3.38. The van der Waals surface area contributed by atoms with Crippen LogP contribution in [0.4, 0.5) is 5.69 Å². The van der Waals surface area contributed by atoms with E-state index in [1.807, 2.05) is 24.3 Å². The van der Waals surface area contributed by atoms with E-state index in [4.69, 9.17) is 0 Å². The van der Waals surface area contributed by atoms with Crippen molar-refractivity contribution in [1.82, 2.24) is 9.97 Å². The van der Waals surface area contributed by atoms with Crippen LogP contribution in [0.1, 0.15) is 0 Å². The Labute approximate surface area is 123 Å². The van der Waals surface area contributed by atoms with Crippen LogP contribution < -0.4 is 4.90 Å². The molecule has 4 heteroatoms. The van der Waals surface area contributed by atoms with Crippen molar-refractivity contribution < 1.29 is 0 Å². The van der Waals surface area contributed by atoms with E-state index in [1.54, 1.807) is 11.8 Å². The molecule has 0 radical (unpaired) electrons. The number of hydrogen-bond donors (Lipinski definition) is 1. The highest BCUT2D eigenvalue weighted by molar-refractivity contribution is 7.99. The first-order chi connectivity index (χ1) is 9.83. The molecule has 0 amide bonds. The van der Waals surface area contributed by atoms with Gasteiger partial charge < -0.3 is 9.88 Å². The molecule has 102 valence electrons. The molecule has 0 bridgehead atoms. The van der Waals surface area contributed by atoms with Crippen LogP contribution in [-0.4, -0.2) is 29.3 Å². The quantitative estimate of drug-likeness (QED) is 0.723. The Balaban J connectivity index is 1.57. The number of benzene rings is 2. The SMILES string of the molecule is CN(CCSc1nc2ccccc2[nH]1)c1ccccc1. The van der Waals surface area contributed by atoms with Crippen molar-refractivity contribution in [2.75, 3.05) is 24.2 Å². The van der Waals surface area contributed by atoms with Crippen LogP contribution >= 0.6 is 11.8 Å². The van der Waals surface area contributed by atoms with E-state index in [0.717, 1.165) is 28.5 Å².